The number of carbonyl (C=O) groups is 1. The number of hydrogen-bond donors (Lipinski definition) is 1. The Kier molecular flexibility index (Phi) is 5.55. The summed E-state index contributed by atoms with van der Waals surface area (Å²) < 4.78 is 0.732. The average Bonchev–Trinajstić information content (AvgIpc) is 2.38. The van der Waals surface area contributed by atoms with Crippen LogP contribution in [0.2, 0.25) is 5.02 Å². The zero-order valence-electron chi connectivity index (χ0n) is 11.4. The van der Waals surface area contributed by atoms with Gasteiger partial charge in [-0.05, 0) is 52.9 Å². The van der Waals surface area contributed by atoms with Gasteiger partial charge in [-0.2, -0.15) is 0 Å². The summed E-state index contributed by atoms with van der Waals surface area (Å²) in [6, 6.07) is 5.25. The van der Waals surface area contributed by atoms with Crippen molar-refractivity contribution in [3.8, 4) is 0 Å². The van der Waals surface area contributed by atoms with Crippen molar-refractivity contribution >= 4 is 49.4 Å². The highest BCUT2D eigenvalue weighted by molar-refractivity contribution is 9.10. The molecule has 2 nitrogen and oxygen atoms in total. The van der Waals surface area contributed by atoms with Gasteiger partial charge in [0, 0.05) is 14.8 Å². The molecule has 0 radical (unpaired) electrons. The lowest BCUT2D eigenvalue weighted by Gasteiger charge is -2.39. The largest absolute Gasteiger partial charge is 0.346 e. The van der Waals surface area contributed by atoms with Crippen molar-refractivity contribution in [3.63, 3.8) is 0 Å². The molecule has 0 saturated heterocycles. The molecular weight excluding hydrogens is 405 g/mol. The highest BCUT2D eigenvalue weighted by Crippen LogP contribution is 2.34. The molecule has 2 atom stereocenters. The molecular formula is C15H18Br2ClNO. The fraction of sp³-hybridized carbons (Fsp3) is 0.533. The maximum absolute atomic E-state index is 12.5. The number of halogens is 3. The summed E-state index contributed by atoms with van der Waals surface area (Å²) >= 11 is 12.9. The summed E-state index contributed by atoms with van der Waals surface area (Å²) in [5.41, 5.74) is 0.501. The van der Waals surface area contributed by atoms with E-state index >= 15 is 0 Å². The second-order valence-corrected chi connectivity index (χ2v) is 7.55. The molecule has 1 aromatic carbocycles. The van der Waals surface area contributed by atoms with Crippen molar-refractivity contribution in [3.05, 3.63) is 33.3 Å². The van der Waals surface area contributed by atoms with E-state index in [0.29, 0.717) is 16.5 Å². The third-order valence-electron chi connectivity index (χ3n) is 3.90. The smallest absolute Gasteiger partial charge is 0.252 e. The van der Waals surface area contributed by atoms with Crippen molar-refractivity contribution < 1.29 is 4.79 Å². The van der Waals surface area contributed by atoms with E-state index in [-0.39, 0.29) is 11.4 Å². The third-order valence-corrected chi connectivity index (χ3v) is 5.87. The molecule has 2 unspecified atom stereocenters. The van der Waals surface area contributed by atoms with Crippen LogP contribution in [0.5, 0.6) is 0 Å². The van der Waals surface area contributed by atoms with Crippen LogP contribution in [0.25, 0.3) is 0 Å². The van der Waals surface area contributed by atoms with E-state index in [1.165, 1.54) is 6.42 Å². The van der Waals surface area contributed by atoms with Crippen LogP contribution in [-0.2, 0) is 0 Å². The highest BCUT2D eigenvalue weighted by Gasteiger charge is 2.35. The van der Waals surface area contributed by atoms with Gasteiger partial charge >= 0.3 is 0 Å². The van der Waals surface area contributed by atoms with Gasteiger partial charge in [0.15, 0.2) is 0 Å². The minimum absolute atomic E-state index is 0.0397. The Bertz CT molecular complexity index is 509. The first-order valence-electron chi connectivity index (χ1n) is 6.79. The number of benzene rings is 1. The van der Waals surface area contributed by atoms with E-state index in [4.69, 9.17) is 11.6 Å². The number of amides is 1. The number of rotatable bonds is 3. The lowest BCUT2D eigenvalue weighted by atomic mass is 9.77. The normalized spacial score (nSPS) is 26.3. The number of hydrogen-bond acceptors (Lipinski definition) is 1. The first-order chi connectivity index (χ1) is 9.46. The molecule has 1 saturated carbocycles. The second-order valence-electron chi connectivity index (χ2n) is 5.69. The Morgan fingerprint density at radius 1 is 1.55 bits per heavy atom. The summed E-state index contributed by atoms with van der Waals surface area (Å²) in [6.07, 6.45) is 4.46. The first kappa shape index (κ1) is 16.3. The van der Waals surface area contributed by atoms with Crippen molar-refractivity contribution in [2.45, 2.75) is 38.1 Å². The molecule has 1 aliphatic carbocycles. The van der Waals surface area contributed by atoms with Crippen LogP contribution in [0.15, 0.2) is 22.7 Å². The third kappa shape index (κ3) is 3.77. The maximum atomic E-state index is 12.5. The highest BCUT2D eigenvalue weighted by atomic mass is 79.9. The Morgan fingerprint density at radius 2 is 2.30 bits per heavy atom. The fourth-order valence-corrected chi connectivity index (χ4v) is 4.42. The topological polar surface area (TPSA) is 29.1 Å². The van der Waals surface area contributed by atoms with Crippen molar-refractivity contribution in [1.29, 1.82) is 0 Å². The van der Waals surface area contributed by atoms with Gasteiger partial charge in [0.05, 0.1) is 11.1 Å². The van der Waals surface area contributed by atoms with Gasteiger partial charge in [-0.15, -0.1) is 0 Å². The van der Waals surface area contributed by atoms with Crippen molar-refractivity contribution in [2.75, 3.05) is 5.33 Å². The summed E-state index contributed by atoms with van der Waals surface area (Å²) in [6.45, 7) is 2.25. The molecule has 20 heavy (non-hydrogen) atoms. The van der Waals surface area contributed by atoms with Crippen LogP contribution in [0, 0.1) is 5.92 Å². The summed E-state index contributed by atoms with van der Waals surface area (Å²) in [7, 11) is 0. The standard InChI is InChI=1S/C15H18Br2ClNO/c1-10-3-2-6-15(8-10,9-16)19-14(20)12-5-4-11(18)7-13(12)17/h4-5,7,10H,2-3,6,8-9H2,1H3,(H,19,20). The van der Waals surface area contributed by atoms with E-state index in [0.717, 1.165) is 29.1 Å². The molecule has 5 heteroatoms. The lowest BCUT2D eigenvalue weighted by molar-refractivity contribution is 0.0868. The molecule has 1 N–H and O–H groups in total. The van der Waals surface area contributed by atoms with E-state index in [2.05, 4.69) is 44.1 Å². The quantitative estimate of drug-likeness (QED) is 0.667. The fourth-order valence-electron chi connectivity index (χ4n) is 2.91. The molecule has 1 aromatic rings. The number of nitrogens with one attached hydrogen (secondary N) is 1. The molecule has 0 aliphatic heterocycles. The summed E-state index contributed by atoms with van der Waals surface area (Å²) in [4.78, 5) is 12.5. The molecule has 0 bridgehead atoms. The van der Waals surface area contributed by atoms with E-state index in [1.54, 1.807) is 18.2 Å². The average molecular weight is 424 g/mol. The molecule has 0 heterocycles. The van der Waals surface area contributed by atoms with Gasteiger partial charge in [0.2, 0.25) is 0 Å². The van der Waals surface area contributed by atoms with Gasteiger partial charge in [-0.25, -0.2) is 0 Å². The first-order valence-corrected chi connectivity index (χ1v) is 9.08. The maximum Gasteiger partial charge on any atom is 0.252 e. The predicted molar refractivity (Wildman–Crippen MR) is 90.8 cm³/mol. The number of alkyl halides is 1. The molecule has 0 spiro atoms. The molecule has 1 aliphatic rings. The Morgan fingerprint density at radius 3 is 2.90 bits per heavy atom. The van der Waals surface area contributed by atoms with E-state index < -0.39 is 0 Å². The van der Waals surface area contributed by atoms with Crippen molar-refractivity contribution in [1.82, 2.24) is 5.32 Å². The zero-order chi connectivity index (χ0) is 14.8. The predicted octanol–water partition coefficient (Wildman–Crippen LogP) is 5.18. The van der Waals surface area contributed by atoms with Crippen LogP contribution in [0.4, 0.5) is 0 Å². The second kappa shape index (κ2) is 6.80. The molecule has 1 fully saturated rings. The van der Waals surface area contributed by atoms with Crippen LogP contribution < -0.4 is 5.32 Å². The lowest BCUT2D eigenvalue weighted by Crippen LogP contribution is -2.52. The van der Waals surface area contributed by atoms with Crippen LogP contribution in [0.1, 0.15) is 43.0 Å². The molecule has 110 valence electrons. The molecule has 2 rings (SSSR count). The minimum atomic E-state index is -0.131. The van der Waals surface area contributed by atoms with E-state index in [9.17, 15) is 4.79 Å². The summed E-state index contributed by atoms with van der Waals surface area (Å²) in [5.74, 6) is 0.609. The van der Waals surface area contributed by atoms with Gasteiger partial charge in [-0.1, -0.05) is 47.3 Å². The van der Waals surface area contributed by atoms with Gasteiger partial charge < -0.3 is 5.32 Å². The molecule has 1 amide bonds. The Balaban J connectivity index is 2.16. The Hall–Kier alpha value is -0.0600. The SMILES string of the molecule is CC1CCCC(CBr)(NC(=O)c2ccc(Cl)cc2Br)C1. The van der Waals surface area contributed by atoms with Crippen LogP contribution in [0.3, 0.4) is 0 Å². The summed E-state index contributed by atoms with van der Waals surface area (Å²) in [5, 5.41) is 4.64. The van der Waals surface area contributed by atoms with Crippen LogP contribution >= 0.6 is 43.5 Å². The van der Waals surface area contributed by atoms with Crippen LogP contribution in [-0.4, -0.2) is 16.8 Å². The monoisotopic (exact) mass is 421 g/mol. The van der Waals surface area contributed by atoms with Gasteiger partial charge in [0.25, 0.3) is 5.91 Å². The van der Waals surface area contributed by atoms with E-state index in [1.807, 2.05) is 0 Å². The van der Waals surface area contributed by atoms with Crippen molar-refractivity contribution in [2.24, 2.45) is 5.92 Å². The Labute approximate surface area is 141 Å². The number of carbonyl (C=O) groups excluding carboxylic acids is 1. The zero-order valence-corrected chi connectivity index (χ0v) is 15.3. The minimum Gasteiger partial charge on any atom is -0.346 e. The van der Waals surface area contributed by atoms with Gasteiger partial charge in [-0.3, -0.25) is 4.79 Å². The van der Waals surface area contributed by atoms with Gasteiger partial charge in [0.1, 0.15) is 0 Å². The molecule has 0 aromatic heterocycles.